The molecule has 3 aromatic heterocycles. The first kappa shape index (κ1) is 22.7. The largest absolute Gasteiger partial charge is 0.490 e. The van der Waals surface area contributed by atoms with E-state index in [0.717, 1.165) is 25.7 Å². The Morgan fingerprint density at radius 1 is 1.06 bits per heavy atom. The summed E-state index contributed by atoms with van der Waals surface area (Å²) in [6.45, 7) is 0. The van der Waals surface area contributed by atoms with Crippen molar-refractivity contribution in [2.45, 2.75) is 62.7 Å². The molecule has 0 aromatic carbocycles. The lowest BCUT2D eigenvalue weighted by Crippen LogP contribution is -2.58. The fourth-order valence-electron chi connectivity index (χ4n) is 5.59. The summed E-state index contributed by atoms with van der Waals surface area (Å²) in [4.78, 5) is 32.8. The molecule has 1 spiro atoms. The normalized spacial score (nSPS) is 26.5. The van der Waals surface area contributed by atoms with Crippen molar-refractivity contribution in [2.24, 2.45) is 11.1 Å². The van der Waals surface area contributed by atoms with Crippen LogP contribution in [0.15, 0.2) is 42.9 Å². The zero-order valence-electron chi connectivity index (χ0n) is 19.3. The average molecular weight is 498 g/mol. The number of carbonyl (C=O) groups excluding carboxylic acids is 2. The molecule has 6 rings (SSSR count). The van der Waals surface area contributed by atoms with Gasteiger partial charge in [0.25, 0.3) is 17.7 Å². The summed E-state index contributed by atoms with van der Waals surface area (Å²) >= 11 is 0. The van der Waals surface area contributed by atoms with Crippen LogP contribution in [0.2, 0.25) is 0 Å². The minimum absolute atomic E-state index is 0.0315. The van der Waals surface area contributed by atoms with E-state index in [9.17, 15) is 18.4 Å². The van der Waals surface area contributed by atoms with Gasteiger partial charge in [0.1, 0.15) is 34.9 Å². The van der Waals surface area contributed by atoms with Crippen molar-refractivity contribution in [3.63, 3.8) is 0 Å². The van der Waals surface area contributed by atoms with E-state index in [1.165, 1.54) is 6.20 Å². The number of fused-ring (bicyclic) bond motifs is 1. The highest BCUT2D eigenvalue weighted by molar-refractivity contribution is 5.95. The number of pyridine rings is 2. The van der Waals surface area contributed by atoms with Gasteiger partial charge >= 0.3 is 0 Å². The Kier molecular flexibility index (Phi) is 5.13. The maximum atomic E-state index is 13.0. The first-order valence-electron chi connectivity index (χ1n) is 11.9. The van der Waals surface area contributed by atoms with Crippen LogP contribution < -0.4 is 20.5 Å². The van der Waals surface area contributed by atoms with Crippen LogP contribution in [0.4, 0.5) is 8.78 Å². The minimum atomic E-state index is -2.64. The van der Waals surface area contributed by atoms with Crippen molar-refractivity contribution in [3.8, 4) is 11.6 Å². The van der Waals surface area contributed by atoms with Crippen molar-refractivity contribution in [1.29, 1.82) is 0 Å². The van der Waals surface area contributed by atoms with Gasteiger partial charge in [0.05, 0.1) is 6.20 Å². The molecule has 36 heavy (non-hydrogen) atoms. The molecule has 0 saturated heterocycles. The van der Waals surface area contributed by atoms with Crippen molar-refractivity contribution in [3.05, 3.63) is 54.1 Å². The highest BCUT2D eigenvalue weighted by Gasteiger charge is 2.54. The summed E-state index contributed by atoms with van der Waals surface area (Å²) in [5.41, 5.74) is 6.70. The van der Waals surface area contributed by atoms with Crippen molar-refractivity contribution in [1.82, 2.24) is 19.7 Å². The number of amides is 2. The summed E-state index contributed by atoms with van der Waals surface area (Å²) in [5, 5.41) is 3.07. The molecule has 0 radical (unpaired) electrons. The number of nitrogens with two attached hydrogens (primary N) is 1. The Bertz CT molecular complexity index is 1340. The van der Waals surface area contributed by atoms with E-state index in [4.69, 9.17) is 15.2 Å². The molecule has 11 heteroatoms. The molecule has 9 nitrogen and oxygen atoms in total. The lowest BCUT2D eigenvalue weighted by molar-refractivity contribution is -0.134. The predicted molar refractivity (Wildman–Crippen MR) is 123 cm³/mol. The number of rotatable bonds is 7. The number of primary amides is 1. The molecule has 3 heterocycles. The molecule has 0 atom stereocenters. The second-order valence-electron chi connectivity index (χ2n) is 10.2. The molecule has 3 saturated carbocycles. The quantitative estimate of drug-likeness (QED) is 0.518. The Labute approximate surface area is 205 Å². The van der Waals surface area contributed by atoms with Crippen LogP contribution in [-0.2, 0) is 0 Å². The van der Waals surface area contributed by atoms with Gasteiger partial charge in [-0.3, -0.25) is 14.0 Å². The lowest BCUT2D eigenvalue weighted by atomic mass is 9.53. The van der Waals surface area contributed by atoms with E-state index in [2.05, 4.69) is 15.3 Å². The van der Waals surface area contributed by atoms with Gasteiger partial charge in [0, 0.05) is 37.3 Å². The molecule has 3 fully saturated rings. The number of imidazole rings is 1. The van der Waals surface area contributed by atoms with Crippen LogP contribution in [0.25, 0.3) is 5.65 Å². The third-order valence-corrected chi connectivity index (χ3v) is 7.40. The summed E-state index contributed by atoms with van der Waals surface area (Å²) in [5.74, 6) is -2.72. The number of nitrogens with zero attached hydrogens (tertiary/aromatic N) is 3. The van der Waals surface area contributed by atoms with Gasteiger partial charge in [0.2, 0.25) is 5.88 Å². The number of aromatic nitrogens is 3. The molecule has 3 aromatic rings. The number of carbonyl (C=O) groups is 2. The number of halogens is 2. The Morgan fingerprint density at radius 3 is 2.53 bits per heavy atom. The monoisotopic (exact) mass is 497 g/mol. The zero-order chi connectivity index (χ0) is 25.1. The fraction of sp³-hybridized carbons (Fsp3) is 0.440. The Balaban J connectivity index is 1.01. The van der Waals surface area contributed by atoms with Crippen LogP contribution in [0.1, 0.15) is 59.4 Å². The fourth-order valence-corrected chi connectivity index (χ4v) is 5.59. The van der Waals surface area contributed by atoms with Gasteiger partial charge in [-0.25, -0.2) is 18.7 Å². The van der Waals surface area contributed by atoms with Gasteiger partial charge in [-0.05, 0) is 49.3 Å². The zero-order valence-corrected chi connectivity index (χ0v) is 19.3. The van der Waals surface area contributed by atoms with Crippen LogP contribution in [0.5, 0.6) is 11.6 Å². The summed E-state index contributed by atoms with van der Waals surface area (Å²) < 4.78 is 39.2. The van der Waals surface area contributed by atoms with Crippen molar-refractivity contribution in [2.75, 3.05) is 0 Å². The summed E-state index contributed by atoms with van der Waals surface area (Å²) in [6.07, 6.45) is 6.99. The van der Waals surface area contributed by atoms with Crippen LogP contribution in [0.3, 0.4) is 0 Å². The van der Waals surface area contributed by atoms with Gasteiger partial charge in [-0.2, -0.15) is 0 Å². The minimum Gasteiger partial charge on any atom is -0.490 e. The molecule has 0 aliphatic heterocycles. The second kappa shape index (κ2) is 8.14. The van der Waals surface area contributed by atoms with E-state index >= 15 is 0 Å². The van der Waals surface area contributed by atoms with Crippen LogP contribution in [-0.4, -0.2) is 50.4 Å². The van der Waals surface area contributed by atoms with Gasteiger partial charge in [0.15, 0.2) is 0 Å². The van der Waals surface area contributed by atoms with E-state index in [0.29, 0.717) is 17.1 Å². The molecule has 3 aliphatic carbocycles. The Hall–Kier alpha value is -3.76. The molecular formula is C25H25F2N5O4. The molecule has 2 amide bonds. The smallest absolute Gasteiger partial charge is 0.270 e. The molecule has 188 valence electrons. The predicted octanol–water partition coefficient (Wildman–Crippen LogP) is 3.12. The third-order valence-electron chi connectivity index (χ3n) is 7.40. The number of hydrogen-bond acceptors (Lipinski definition) is 6. The molecule has 3 N–H and O–H groups in total. The number of ether oxygens (including phenoxy) is 2. The SMILES string of the molecule is NC(=O)c1cccnc1OC1CC2(CC(NC(=O)c3cnc4cc(OC5CC(F)(F)C5)ccn34)C2)C1. The number of hydrogen-bond donors (Lipinski definition) is 2. The van der Waals surface area contributed by atoms with E-state index in [1.54, 1.807) is 41.1 Å². The van der Waals surface area contributed by atoms with Crippen LogP contribution >= 0.6 is 0 Å². The van der Waals surface area contributed by atoms with E-state index in [1.807, 2.05) is 0 Å². The third kappa shape index (κ3) is 4.12. The standard InChI is InChI=1S/C25H25F2N5O4/c26-25(27)11-17(12-25)35-15-3-5-32-19(13-30-20(32)6-15)22(34)31-14-7-24(8-14)9-16(10-24)36-23-18(21(28)33)2-1-4-29-23/h1-6,13-14,16-17H,7-12H2,(H2,28,33)(H,31,34). The first-order valence-corrected chi connectivity index (χ1v) is 11.9. The maximum absolute atomic E-state index is 13.0. The van der Waals surface area contributed by atoms with E-state index in [-0.39, 0.29) is 47.8 Å². The van der Waals surface area contributed by atoms with E-state index < -0.39 is 17.9 Å². The van der Waals surface area contributed by atoms with Crippen molar-refractivity contribution < 1.29 is 27.8 Å². The highest BCUT2D eigenvalue weighted by Crippen LogP contribution is 2.56. The number of nitrogens with one attached hydrogen (secondary N) is 1. The summed E-state index contributed by atoms with van der Waals surface area (Å²) in [7, 11) is 0. The van der Waals surface area contributed by atoms with Gasteiger partial charge in [-0.15, -0.1) is 0 Å². The maximum Gasteiger partial charge on any atom is 0.270 e. The average Bonchev–Trinajstić information content (AvgIpc) is 3.18. The lowest BCUT2D eigenvalue weighted by Gasteiger charge is -2.57. The highest BCUT2D eigenvalue weighted by atomic mass is 19.3. The molecule has 0 unspecified atom stereocenters. The molecule has 0 bridgehead atoms. The first-order chi connectivity index (χ1) is 17.2. The van der Waals surface area contributed by atoms with Gasteiger partial charge in [-0.1, -0.05) is 0 Å². The van der Waals surface area contributed by atoms with Crippen molar-refractivity contribution >= 4 is 17.5 Å². The second-order valence-corrected chi connectivity index (χ2v) is 10.2. The Morgan fingerprint density at radius 2 is 1.81 bits per heavy atom. The summed E-state index contributed by atoms with van der Waals surface area (Å²) in [6, 6.07) is 6.59. The van der Waals surface area contributed by atoms with Gasteiger partial charge < -0.3 is 20.5 Å². The van der Waals surface area contributed by atoms with Crippen LogP contribution in [0, 0.1) is 5.41 Å². The topological polar surface area (TPSA) is 121 Å². The molecular weight excluding hydrogens is 472 g/mol. The number of alkyl halides is 2. The molecule has 3 aliphatic rings.